The molecule has 2 aliphatic rings. The lowest BCUT2D eigenvalue weighted by Crippen LogP contribution is -2.36. The van der Waals surface area contributed by atoms with Crippen LogP contribution >= 0.6 is 11.8 Å². The van der Waals surface area contributed by atoms with Crippen LogP contribution in [0.5, 0.6) is 0 Å². The summed E-state index contributed by atoms with van der Waals surface area (Å²) in [6.07, 6.45) is 3.46. The van der Waals surface area contributed by atoms with Crippen LogP contribution in [0, 0.1) is 5.41 Å². The average Bonchev–Trinajstić information content (AvgIpc) is 3.51. The summed E-state index contributed by atoms with van der Waals surface area (Å²) < 4.78 is 0. The summed E-state index contributed by atoms with van der Waals surface area (Å²) in [5.74, 6) is -0.168. The van der Waals surface area contributed by atoms with Gasteiger partial charge in [-0.2, -0.15) is 0 Å². The van der Waals surface area contributed by atoms with Gasteiger partial charge in [0.15, 0.2) is 0 Å². The maximum absolute atomic E-state index is 13.2. The number of carbonyl (C=O) groups is 3. The van der Waals surface area contributed by atoms with Crippen molar-refractivity contribution in [3.63, 3.8) is 0 Å². The van der Waals surface area contributed by atoms with E-state index in [2.05, 4.69) is 102 Å². The standard InChI is InChI=1S/C37H34N2O3S/c1-37(2,35(41)38-3)27(22-32-30-13-6-4-11-28(30)29-12-5-7-14-31(29)32)20-24-9-8-10-26(19-24)25-17-15-23(16-18-25)21-33-34(40)39-36(42)43-33/h4-19,22,32-33H,20-21H2,1-3H3,(H,38,41)(H,39,40,42). The molecule has 2 N–H and O–H groups in total. The first-order valence-electron chi connectivity index (χ1n) is 14.6. The zero-order valence-electron chi connectivity index (χ0n) is 24.5. The Morgan fingerprint density at radius 1 is 0.837 bits per heavy atom. The highest BCUT2D eigenvalue weighted by Gasteiger charge is 2.34. The molecule has 43 heavy (non-hydrogen) atoms. The van der Waals surface area contributed by atoms with E-state index in [4.69, 9.17) is 0 Å². The number of allylic oxidation sites excluding steroid dienone is 1. The number of nitrogens with one attached hydrogen (secondary N) is 2. The lowest BCUT2D eigenvalue weighted by molar-refractivity contribution is -0.127. The number of hydrogen-bond donors (Lipinski definition) is 2. The number of imide groups is 1. The molecule has 0 radical (unpaired) electrons. The van der Waals surface area contributed by atoms with Crippen LogP contribution in [0.2, 0.25) is 0 Å². The Balaban J connectivity index is 1.31. The van der Waals surface area contributed by atoms with E-state index in [9.17, 15) is 14.4 Å². The Kier molecular flexibility index (Phi) is 7.80. The summed E-state index contributed by atoms with van der Waals surface area (Å²) >= 11 is 1.05. The summed E-state index contributed by atoms with van der Waals surface area (Å²) in [6, 6.07) is 33.7. The highest BCUT2D eigenvalue weighted by Crippen LogP contribution is 2.47. The normalized spacial score (nSPS) is 16.5. The molecular weight excluding hydrogens is 552 g/mol. The van der Waals surface area contributed by atoms with Crippen LogP contribution in [0.1, 0.15) is 42.0 Å². The molecule has 4 aromatic rings. The van der Waals surface area contributed by atoms with Crippen LogP contribution in [0.25, 0.3) is 22.3 Å². The lowest BCUT2D eigenvalue weighted by atomic mass is 9.77. The smallest absolute Gasteiger partial charge is 0.286 e. The summed E-state index contributed by atoms with van der Waals surface area (Å²) in [4.78, 5) is 36.7. The van der Waals surface area contributed by atoms with E-state index in [1.165, 1.54) is 22.3 Å². The van der Waals surface area contributed by atoms with Crippen molar-refractivity contribution in [2.45, 2.75) is 37.9 Å². The molecule has 3 amide bonds. The Hall–Kier alpha value is -4.42. The third-order valence-electron chi connectivity index (χ3n) is 8.64. The van der Waals surface area contributed by atoms with Crippen molar-refractivity contribution in [3.8, 4) is 22.3 Å². The molecule has 216 valence electrons. The maximum Gasteiger partial charge on any atom is 0.286 e. The fraction of sp³-hybridized carbons (Fsp3) is 0.216. The number of fused-ring (bicyclic) bond motifs is 3. The van der Waals surface area contributed by atoms with Crippen molar-refractivity contribution in [3.05, 3.63) is 131 Å². The Labute approximate surface area is 256 Å². The molecule has 1 aliphatic heterocycles. The minimum Gasteiger partial charge on any atom is -0.358 e. The van der Waals surface area contributed by atoms with Crippen LogP contribution < -0.4 is 10.6 Å². The predicted molar refractivity (Wildman–Crippen MR) is 174 cm³/mol. The molecule has 1 atom stereocenters. The largest absolute Gasteiger partial charge is 0.358 e. The van der Waals surface area contributed by atoms with Gasteiger partial charge >= 0.3 is 0 Å². The summed E-state index contributed by atoms with van der Waals surface area (Å²) in [5.41, 5.74) is 9.67. The molecule has 1 fully saturated rings. The molecule has 0 bridgehead atoms. The number of amides is 3. The van der Waals surface area contributed by atoms with Gasteiger partial charge in [-0.15, -0.1) is 0 Å². The van der Waals surface area contributed by atoms with E-state index in [0.29, 0.717) is 12.8 Å². The number of carbonyl (C=O) groups excluding carboxylic acids is 3. The summed E-state index contributed by atoms with van der Waals surface area (Å²) in [5, 5.41) is 4.58. The molecule has 4 aromatic carbocycles. The quantitative estimate of drug-likeness (QED) is 0.213. The highest BCUT2D eigenvalue weighted by molar-refractivity contribution is 8.15. The monoisotopic (exact) mass is 586 g/mol. The minimum atomic E-state index is -0.717. The first kappa shape index (κ1) is 28.7. The van der Waals surface area contributed by atoms with E-state index in [1.807, 2.05) is 26.0 Å². The van der Waals surface area contributed by atoms with Gasteiger partial charge in [0.2, 0.25) is 11.8 Å². The van der Waals surface area contributed by atoms with Gasteiger partial charge in [-0.3, -0.25) is 19.7 Å². The molecular formula is C37H34N2O3S. The van der Waals surface area contributed by atoms with Crippen LogP contribution in [0.15, 0.2) is 109 Å². The average molecular weight is 587 g/mol. The van der Waals surface area contributed by atoms with Crippen molar-refractivity contribution >= 4 is 28.8 Å². The Bertz CT molecular complexity index is 1710. The van der Waals surface area contributed by atoms with Crippen molar-refractivity contribution < 1.29 is 14.4 Å². The maximum atomic E-state index is 13.2. The molecule has 1 unspecified atom stereocenters. The Morgan fingerprint density at radius 2 is 1.49 bits per heavy atom. The molecule has 6 rings (SSSR count). The lowest BCUT2D eigenvalue weighted by Gasteiger charge is -2.28. The molecule has 0 aromatic heterocycles. The predicted octanol–water partition coefficient (Wildman–Crippen LogP) is 7.30. The van der Waals surface area contributed by atoms with E-state index < -0.39 is 5.41 Å². The first-order chi connectivity index (χ1) is 20.7. The van der Waals surface area contributed by atoms with Crippen molar-refractivity contribution in [1.29, 1.82) is 0 Å². The number of benzene rings is 4. The van der Waals surface area contributed by atoms with Gasteiger partial charge in [-0.1, -0.05) is 120 Å². The van der Waals surface area contributed by atoms with Gasteiger partial charge in [-0.05, 0) is 71.2 Å². The molecule has 0 saturated carbocycles. The summed E-state index contributed by atoms with van der Waals surface area (Å²) in [6.45, 7) is 4.01. The van der Waals surface area contributed by atoms with Gasteiger partial charge in [0.1, 0.15) is 0 Å². The van der Waals surface area contributed by atoms with E-state index in [1.54, 1.807) is 7.05 Å². The fourth-order valence-electron chi connectivity index (χ4n) is 6.18. The van der Waals surface area contributed by atoms with E-state index in [-0.39, 0.29) is 28.2 Å². The molecule has 1 saturated heterocycles. The number of thioether (sulfide) groups is 1. The topological polar surface area (TPSA) is 75.3 Å². The van der Waals surface area contributed by atoms with Gasteiger partial charge in [0.05, 0.1) is 10.7 Å². The molecule has 1 heterocycles. The van der Waals surface area contributed by atoms with Gasteiger partial charge in [-0.25, -0.2) is 0 Å². The number of hydrogen-bond acceptors (Lipinski definition) is 4. The SMILES string of the molecule is CNC(=O)C(C)(C)C(=CC1c2ccccc2-c2ccccc21)Cc1cccc(-c2ccc(CC3SC(=O)NC3=O)cc2)c1. The van der Waals surface area contributed by atoms with Gasteiger partial charge < -0.3 is 5.32 Å². The highest BCUT2D eigenvalue weighted by atomic mass is 32.2. The van der Waals surface area contributed by atoms with Crippen LogP contribution in [0.3, 0.4) is 0 Å². The van der Waals surface area contributed by atoms with Crippen molar-refractivity contribution in [2.24, 2.45) is 5.41 Å². The van der Waals surface area contributed by atoms with E-state index in [0.717, 1.165) is 39.6 Å². The minimum absolute atomic E-state index is 0.0131. The second-order valence-corrected chi connectivity index (χ2v) is 12.9. The van der Waals surface area contributed by atoms with Gasteiger partial charge in [0, 0.05) is 13.0 Å². The fourth-order valence-corrected chi connectivity index (χ4v) is 7.04. The second-order valence-electron chi connectivity index (χ2n) is 11.7. The van der Waals surface area contributed by atoms with Crippen molar-refractivity contribution in [1.82, 2.24) is 10.6 Å². The first-order valence-corrected chi connectivity index (χ1v) is 15.4. The van der Waals surface area contributed by atoms with Crippen molar-refractivity contribution in [2.75, 3.05) is 7.05 Å². The number of rotatable bonds is 8. The third-order valence-corrected chi connectivity index (χ3v) is 9.63. The van der Waals surface area contributed by atoms with Crippen LogP contribution in [-0.4, -0.2) is 29.4 Å². The Morgan fingerprint density at radius 3 is 2.09 bits per heavy atom. The third kappa shape index (κ3) is 5.67. The van der Waals surface area contributed by atoms with Crippen LogP contribution in [-0.2, 0) is 22.4 Å². The zero-order valence-corrected chi connectivity index (χ0v) is 25.3. The summed E-state index contributed by atoms with van der Waals surface area (Å²) in [7, 11) is 1.70. The molecule has 1 aliphatic carbocycles. The van der Waals surface area contributed by atoms with E-state index >= 15 is 0 Å². The molecule has 6 heteroatoms. The molecule has 5 nitrogen and oxygen atoms in total. The van der Waals surface area contributed by atoms with Gasteiger partial charge in [0.25, 0.3) is 5.24 Å². The van der Waals surface area contributed by atoms with Crippen LogP contribution in [0.4, 0.5) is 4.79 Å². The second kappa shape index (κ2) is 11.7. The zero-order chi connectivity index (χ0) is 30.1. The molecule has 0 spiro atoms.